The molecule has 0 fully saturated rings. The van der Waals surface area contributed by atoms with E-state index in [9.17, 15) is 0 Å². The fraction of sp³-hybridized carbons (Fsp3) is 1.00. The second-order valence-corrected chi connectivity index (χ2v) is 3.67. The lowest BCUT2D eigenvalue weighted by molar-refractivity contribution is 0.237. The van der Waals surface area contributed by atoms with Gasteiger partial charge >= 0.3 is 0 Å². The molecule has 0 aliphatic heterocycles. The van der Waals surface area contributed by atoms with Crippen molar-refractivity contribution in [2.45, 2.75) is 39.3 Å². The smallest absolute Gasteiger partial charge is 0.0445 e. The minimum Gasteiger partial charge on any atom is -0.396 e. The molecule has 0 spiro atoms. The van der Waals surface area contributed by atoms with Crippen molar-refractivity contribution in [2.75, 3.05) is 13.2 Å². The van der Waals surface area contributed by atoms with Crippen molar-refractivity contribution in [3.63, 3.8) is 0 Å². The highest BCUT2D eigenvalue weighted by Crippen LogP contribution is 2.06. The standard InChI is InChI=1S/C9H22N2O/c1-7(2)9(4-5-12)11-8(3)6-10/h7-9,11-12H,4-6,10H2,1-3H3. The molecule has 0 aromatic carbocycles. The van der Waals surface area contributed by atoms with Crippen molar-refractivity contribution >= 4 is 0 Å². The van der Waals surface area contributed by atoms with Crippen molar-refractivity contribution in [3.8, 4) is 0 Å². The molecular formula is C9H22N2O. The summed E-state index contributed by atoms with van der Waals surface area (Å²) in [6, 6.07) is 0.720. The third-order valence-corrected chi connectivity index (χ3v) is 2.10. The van der Waals surface area contributed by atoms with Gasteiger partial charge in [-0.05, 0) is 19.3 Å². The van der Waals surface area contributed by atoms with Gasteiger partial charge in [-0.3, -0.25) is 0 Å². The Morgan fingerprint density at radius 3 is 2.25 bits per heavy atom. The van der Waals surface area contributed by atoms with Crippen LogP contribution in [0.3, 0.4) is 0 Å². The van der Waals surface area contributed by atoms with Crippen molar-refractivity contribution in [3.05, 3.63) is 0 Å². The average Bonchev–Trinajstić information content (AvgIpc) is 2.03. The topological polar surface area (TPSA) is 58.3 Å². The van der Waals surface area contributed by atoms with Gasteiger partial charge < -0.3 is 16.2 Å². The summed E-state index contributed by atoms with van der Waals surface area (Å²) in [4.78, 5) is 0. The van der Waals surface area contributed by atoms with Crippen molar-refractivity contribution in [1.82, 2.24) is 5.32 Å². The molecule has 0 saturated carbocycles. The Morgan fingerprint density at radius 1 is 1.33 bits per heavy atom. The average molecular weight is 174 g/mol. The molecule has 0 aromatic heterocycles. The molecule has 4 N–H and O–H groups in total. The van der Waals surface area contributed by atoms with Crippen LogP contribution in [0.25, 0.3) is 0 Å². The summed E-state index contributed by atoms with van der Waals surface area (Å²) in [5.41, 5.74) is 5.49. The van der Waals surface area contributed by atoms with E-state index < -0.39 is 0 Å². The summed E-state index contributed by atoms with van der Waals surface area (Å²) in [5.74, 6) is 0.547. The number of aliphatic hydroxyl groups is 1. The minimum absolute atomic E-state index is 0.243. The fourth-order valence-corrected chi connectivity index (χ4v) is 1.18. The molecule has 0 aromatic rings. The number of nitrogens with one attached hydrogen (secondary N) is 1. The Hall–Kier alpha value is -0.120. The van der Waals surface area contributed by atoms with Crippen LogP contribution in [0.5, 0.6) is 0 Å². The maximum Gasteiger partial charge on any atom is 0.0445 e. The quantitative estimate of drug-likeness (QED) is 0.544. The van der Waals surface area contributed by atoms with E-state index in [0.717, 1.165) is 6.42 Å². The Bertz CT molecular complexity index is 107. The van der Waals surface area contributed by atoms with Crippen LogP contribution in [0.1, 0.15) is 27.2 Å². The van der Waals surface area contributed by atoms with E-state index in [-0.39, 0.29) is 6.61 Å². The molecule has 2 unspecified atom stereocenters. The first kappa shape index (κ1) is 11.9. The van der Waals surface area contributed by atoms with Gasteiger partial charge in [-0.1, -0.05) is 13.8 Å². The van der Waals surface area contributed by atoms with Crippen molar-refractivity contribution in [2.24, 2.45) is 11.7 Å². The van der Waals surface area contributed by atoms with Gasteiger partial charge in [0, 0.05) is 25.2 Å². The summed E-state index contributed by atoms with van der Waals surface area (Å²) >= 11 is 0. The van der Waals surface area contributed by atoms with Crippen LogP contribution in [-0.4, -0.2) is 30.3 Å². The molecule has 0 aliphatic carbocycles. The fourth-order valence-electron chi connectivity index (χ4n) is 1.18. The third-order valence-electron chi connectivity index (χ3n) is 2.10. The van der Waals surface area contributed by atoms with E-state index in [1.165, 1.54) is 0 Å². The molecule has 0 heterocycles. The minimum atomic E-state index is 0.243. The maximum absolute atomic E-state index is 8.80. The predicted octanol–water partition coefficient (Wildman–Crippen LogP) is 0.330. The summed E-state index contributed by atoms with van der Waals surface area (Å²) < 4.78 is 0. The van der Waals surface area contributed by atoms with E-state index in [1.54, 1.807) is 0 Å². The van der Waals surface area contributed by atoms with Crippen LogP contribution in [-0.2, 0) is 0 Å². The Balaban J connectivity index is 3.77. The first-order valence-electron chi connectivity index (χ1n) is 4.68. The lowest BCUT2D eigenvalue weighted by Crippen LogP contribution is -2.43. The van der Waals surface area contributed by atoms with E-state index in [1.807, 2.05) is 0 Å². The van der Waals surface area contributed by atoms with Crippen molar-refractivity contribution in [1.29, 1.82) is 0 Å². The summed E-state index contributed by atoms with van der Waals surface area (Å²) in [5, 5.41) is 12.2. The molecule has 12 heavy (non-hydrogen) atoms. The van der Waals surface area contributed by atoms with E-state index in [0.29, 0.717) is 24.5 Å². The monoisotopic (exact) mass is 174 g/mol. The van der Waals surface area contributed by atoms with Crippen LogP contribution in [0.4, 0.5) is 0 Å². The van der Waals surface area contributed by atoms with Gasteiger partial charge in [0.1, 0.15) is 0 Å². The molecular weight excluding hydrogens is 152 g/mol. The summed E-state index contributed by atoms with van der Waals surface area (Å²) in [6.07, 6.45) is 0.808. The highest BCUT2D eigenvalue weighted by Gasteiger charge is 2.13. The summed E-state index contributed by atoms with van der Waals surface area (Å²) in [7, 11) is 0. The molecule has 74 valence electrons. The van der Waals surface area contributed by atoms with Gasteiger partial charge in [0.15, 0.2) is 0 Å². The first-order chi connectivity index (χ1) is 5.61. The molecule has 2 atom stereocenters. The van der Waals surface area contributed by atoms with Crippen LogP contribution >= 0.6 is 0 Å². The Labute approximate surface area is 75.3 Å². The van der Waals surface area contributed by atoms with Gasteiger partial charge in [0.25, 0.3) is 0 Å². The molecule has 0 amide bonds. The van der Waals surface area contributed by atoms with E-state index in [4.69, 9.17) is 10.8 Å². The zero-order chi connectivity index (χ0) is 9.56. The number of rotatable bonds is 6. The van der Waals surface area contributed by atoms with Gasteiger partial charge in [0.05, 0.1) is 0 Å². The zero-order valence-electron chi connectivity index (χ0n) is 8.38. The molecule has 3 heteroatoms. The third kappa shape index (κ3) is 4.70. The van der Waals surface area contributed by atoms with E-state index >= 15 is 0 Å². The molecule has 3 nitrogen and oxygen atoms in total. The molecule has 0 bridgehead atoms. The number of hydrogen-bond donors (Lipinski definition) is 3. The lowest BCUT2D eigenvalue weighted by atomic mass is 10.0. The highest BCUT2D eigenvalue weighted by molar-refractivity contribution is 4.74. The molecule has 0 rings (SSSR count). The highest BCUT2D eigenvalue weighted by atomic mass is 16.3. The van der Waals surface area contributed by atoms with Crippen LogP contribution in [0.15, 0.2) is 0 Å². The predicted molar refractivity (Wildman–Crippen MR) is 52.0 cm³/mol. The Morgan fingerprint density at radius 2 is 1.92 bits per heavy atom. The van der Waals surface area contributed by atoms with Gasteiger partial charge in [0.2, 0.25) is 0 Å². The van der Waals surface area contributed by atoms with Gasteiger partial charge in [-0.25, -0.2) is 0 Å². The SMILES string of the molecule is CC(CN)NC(CCO)C(C)C. The zero-order valence-corrected chi connectivity index (χ0v) is 8.38. The van der Waals surface area contributed by atoms with Crippen LogP contribution in [0.2, 0.25) is 0 Å². The van der Waals surface area contributed by atoms with Crippen LogP contribution in [0, 0.1) is 5.92 Å². The number of aliphatic hydroxyl groups excluding tert-OH is 1. The number of hydrogen-bond acceptors (Lipinski definition) is 3. The lowest BCUT2D eigenvalue weighted by Gasteiger charge is -2.25. The Kier molecular flexibility index (Phi) is 6.34. The number of nitrogens with two attached hydrogens (primary N) is 1. The molecule has 0 radical (unpaired) electrons. The summed E-state index contributed by atoms with van der Waals surface area (Å²) in [6.45, 7) is 7.25. The second kappa shape index (κ2) is 6.40. The van der Waals surface area contributed by atoms with Crippen molar-refractivity contribution < 1.29 is 5.11 Å². The van der Waals surface area contributed by atoms with Crippen LogP contribution < -0.4 is 11.1 Å². The van der Waals surface area contributed by atoms with E-state index in [2.05, 4.69) is 26.1 Å². The van der Waals surface area contributed by atoms with Gasteiger partial charge in [-0.15, -0.1) is 0 Å². The van der Waals surface area contributed by atoms with Gasteiger partial charge in [-0.2, -0.15) is 0 Å². The second-order valence-electron chi connectivity index (χ2n) is 3.67. The molecule has 0 saturated heterocycles. The largest absolute Gasteiger partial charge is 0.396 e. The first-order valence-corrected chi connectivity index (χ1v) is 4.68. The molecule has 0 aliphatic rings. The normalized spacial score (nSPS) is 16.5. The maximum atomic E-state index is 8.80.